The minimum absolute atomic E-state index is 0.299. The molecular formula is C29H52N6. The van der Waals surface area contributed by atoms with E-state index >= 15 is 0 Å². The second-order valence-electron chi connectivity index (χ2n) is 11.2. The normalized spacial score (nSPS) is 23.4. The number of nitrogens with zero attached hydrogens (tertiary/aromatic N) is 3. The molecule has 0 bridgehead atoms. The predicted octanol–water partition coefficient (Wildman–Crippen LogP) is 5.96. The van der Waals surface area contributed by atoms with Crippen molar-refractivity contribution in [1.29, 1.82) is 0 Å². The van der Waals surface area contributed by atoms with Crippen LogP contribution in [-0.2, 0) is 12.8 Å². The molecule has 0 radical (unpaired) electrons. The van der Waals surface area contributed by atoms with Gasteiger partial charge in [0.1, 0.15) is 5.82 Å². The third-order valence-corrected chi connectivity index (χ3v) is 8.23. The number of hydrogen-bond acceptors (Lipinski definition) is 6. The molecule has 0 amide bonds. The van der Waals surface area contributed by atoms with Crippen LogP contribution in [0.3, 0.4) is 0 Å². The van der Waals surface area contributed by atoms with E-state index in [9.17, 15) is 0 Å². The molecule has 3 N–H and O–H groups in total. The van der Waals surface area contributed by atoms with Crippen LogP contribution in [0.15, 0.2) is 0 Å². The number of aryl methyl sites for hydroxylation is 1. The Morgan fingerprint density at radius 2 is 1.57 bits per heavy atom. The highest BCUT2D eigenvalue weighted by Gasteiger charge is 2.27. The summed E-state index contributed by atoms with van der Waals surface area (Å²) < 4.78 is 0. The SMILES string of the molecule is CCCCCCCCCNC1NCCCC1Nc1nc2c(c(N3CCCCCC3)n1)CCCCC2. The maximum Gasteiger partial charge on any atom is 0.225 e. The minimum atomic E-state index is 0.299. The summed E-state index contributed by atoms with van der Waals surface area (Å²) in [6.07, 6.45) is 23.6. The second-order valence-corrected chi connectivity index (χ2v) is 11.2. The van der Waals surface area contributed by atoms with Crippen LogP contribution in [0.5, 0.6) is 0 Å². The summed E-state index contributed by atoms with van der Waals surface area (Å²) in [6.45, 7) is 6.77. The predicted molar refractivity (Wildman–Crippen MR) is 148 cm³/mol. The van der Waals surface area contributed by atoms with Crippen LogP contribution in [-0.4, -0.2) is 48.4 Å². The Morgan fingerprint density at radius 1 is 0.829 bits per heavy atom. The van der Waals surface area contributed by atoms with Crippen LogP contribution in [0, 0.1) is 0 Å². The largest absolute Gasteiger partial charge is 0.356 e. The van der Waals surface area contributed by atoms with Crippen molar-refractivity contribution in [3.05, 3.63) is 11.3 Å². The maximum absolute atomic E-state index is 5.21. The summed E-state index contributed by atoms with van der Waals surface area (Å²) in [4.78, 5) is 12.9. The van der Waals surface area contributed by atoms with Crippen molar-refractivity contribution in [2.24, 2.45) is 0 Å². The van der Waals surface area contributed by atoms with Gasteiger partial charge in [-0.15, -0.1) is 0 Å². The van der Waals surface area contributed by atoms with Crippen LogP contribution < -0.4 is 20.9 Å². The number of fused-ring (bicyclic) bond motifs is 1. The monoisotopic (exact) mass is 484 g/mol. The molecule has 6 heteroatoms. The van der Waals surface area contributed by atoms with Gasteiger partial charge in [-0.05, 0) is 70.9 Å². The van der Waals surface area contributed by atoms with Crippen molar-refractivity contribution in [3.63, 3.8) is 0 Å². The summed E-state index contributed by atoms with van der Waals surface area (Å²) in [5.41, 5.74) is 2.76. The first-order chi connectivity index (χ1) is 17.3. The zero-order chi connectivity index (χ0) is 24.1. The molecule has 2 unspecified atom stereocenters. The van der Waals surface area contributed by atoms with Crippen molar-refractivity contribution in [2.45, 2.75) is 135 Å². The molecule has 0 aromatic carbocycles. The quantitative estimate of drug-likeness (QED) is 0.251. The Hall–Kier alpha value is -1.40. The molecule has 198 valence electrons. The Balaban J connectivity index is 1.38. The lowest BCUT2D eigenvalue weighted by molar-refractivity contribution is 0.313. The van der Waals surface area contributed by atoms with E-state index in [1.54, 1.807) is 0 Å². The molecule has 3 aliphatic rings. The first kappa shape index (κ1) is 26.7. The third kappa shape index (κ3) is 8.31. The summed E-state index contributed by atoms with van der Waals surface area (Å²) in [5, 5.41) is 11.3. The standard InChI is InChI=1S/C29H52N6/c1-2-3-4-5-6-7-13-20-30-27-26(19-16-21-31-27)33-29-32-25-18-12-10-11-17-24(25)28(34-29)35-22-14-8-9-15-23-35/h26-27,30-31H,2-23H2,1H3,(H,32,33,34). The molecule has 1 aliphatic carbocycles. The lowest BCUT2D eigenvalue weighted by Crippen LogP contribution is -2.57. The molecule has 1 aromatic heterocycles. The van der Waals surface area contributed by atoms with Gasteiger partial charge in [0.15, 0.2) is 0 Å². The van der Waals surface area contributed by atoms with Crippen LogP contribution in [0.1, 0.15) is 121 Å². The molecule has 1 aromatic rings. The molecule has 0 saturated carbocycles. The van der Waals surface area contributed by atoms with E-state index in [1.807, 2.05) is 0 Å². The van der Waals surface area contributed by atoms with Gasteiger partial charge in [-0.3, -0.25) is 0 Å². The Morgan fingerprint density at radius 3 is 2.40 bits per heavy atom. The highest BCUT2D eigenvalue weighted by atomic mass is 15.3. The fraction of sp³-hybridized carbons (Fsp3) is 0.862. The van der Waals surface area contributed by atoms with Gasteiger partial charge in [-0.2, -0.15) is 4.98 Å². The molecule has 3 heterocycles. The molecule has 6 nitrogen and oxygen atoms in total. The summed E-state index contributed by atoms with van der Waals surface area (Å²) in [7, 11) is 0. The minimum Gasteiger partial charge on any atom is -0.356 e. The van der Waals surface area contributed by atoms with E-state index in [1.165, 1.54) is 120 Å². The number of rotatable bonds is 12. The fourth-order valence-corrected chi connectivity index (χ4v) is 6.12. The molecule has 4 rings (SSSR count). The zero-order valence-corrected chi connectivity index (χ0v) is 22.6. The van der Waals surface area contributed by atoms with E-state index in [4.69, 9.17) is 9.97 Å². The first-order valence-corrected chi connectivity index (χ1v) is 15.2. The second kappa shape index (κ2) is 15.0. The van der Waals surface area contributed by atoms with Gasteiger partial charge >= 0.3 is 0 Å². The highest BCUT2D eigenvalue weighted by Crippen LogP contribution is 2.30. The van der Waals surface area contributed by atoms with Crippen molar-refractivity contribution < 1.29 is 0 Å². The van der Waals surface area contributed by atoms with Gasteiger partial charge in [-0.1, -0.05) is 64.7 Å². The number of unbranched alkanes of at least 4 members (excludes halogenated alkanes) is 6. The summed E-state index contributed by atoms with van der Waals surface area (Å²) in [6, 6.07) is 0.342. The molecule has 2 saturated heterocycles. The van der Waals surface area contributed by atoms with Gasteiger partial charge in [0, 0.05) is 18.7 Å². The Kier molecular flexibility index (Phi) is 11.4. The summed E-state index contributed by atoms with van der Waals surface area (Å²) >= 11 is 0. The Labute approximate surface area is 214 Å². The van der Waals surface area contributed by atoms with Crippen molar-refractivity contribution >= 4 is 11.8 Å². The first-order valence-electron chi connectivity index (χ1n) is 15.2. The van der Waals surface area contributed by atoms with E-state index < -0.39 is 0 Å². The Bertz CT molecular complexity index is 730. The number of aromatic nitrogens is 2. The molecular weight excluding hydrogens is 432 g/mol. The molecule has 2 fully saturated rings. The van der Waals surface area contributed by atoms with Crippen molar-refractivity contribution in [1.82, 2.24) is 20.6 Å². The van der Waals surface area contributed by atoms with E-state index in [0.29, 0.717) is 12.2 Å². The molecule has 2 atom stereocenters. The van der Waals surface area contributed by atoms with Gasteiger partial charge in [0.05, 0.1) is 17.9 Å². The number of piperidine rings is 1. The zero-order valence-electron chi connectivity index (χ0n) is 22.6. The third-order valence-electron chi connectivity index (χ3n) is 8.23. The van der Waals surface area contributed by atoms with Crippen LogP contribution in [0.2, 0.25) is 0 Å². The lowest BCUT2D eigenvalue weighted by Gasteiger charge is -2.34. The fourth-order valence-electron chi connectivity index (χ4n) is 6.12. The average molecular weight is 485 g/mol. The van der Waals surface area contributed by atoms with Gasteiger partial charge in [0.2, 0.25) is 5.95 Å². The van der Waals surface area contributed by atoms with Gasteiger partial charge < -0.3 is 20.9 Å². The summed E-state index contributed by atoms with van der Waals surface area (Å²) in [5.74, 6) is 2.11. The van der Waals surface area contributed by atoms with Gasteiger partial charge in [-0.25, -0.2) is 4.98 Å². The maximum atomic E-state index is 5.21. The van der Waals surface area contributed by atoms with Crippen LogP contribution in [0.4, 0.5) is 11.8 Å². The molecule has 0 spiro atoms. The highest BCUT2D eigenvalue weighted by molar-refractivity contribution is 5.53. The number of anilines is 2. The molecule has 35 heavy (non-hydrogen) atoms. The van der Waals surface area contributed by atoms with Crippen LogP contribution in [0.25, 0.3) is 0 Å². The number of nitrogens with one attached hydrogen (secondary N) is 3. The lowest BCUT2D eigenvalue weighted by atomic mass is 10.0. The topological polar surface area (TPSA) is 65.1 Å². The van der Waals surface area contributed by atoms with Crippen molar-refractivity contribution in [3.8, 4) is 0 Å². The van der Waals surface area contributed by atoms with Gasteiger partial charge in [0.25, 0.3) is 0 Å². The van der Waals surface area contributed by atoms with E-state index in [0.717, 1.165) is 45.0 Å². The van der Waals surface area contributed by atoms with E-state index in [-0.39, 0.29) is 0 Å². The van der Waals surface area contributed by atoms with E-state index in [2.05, 4.69) is 27.8 Å². The van der Waals surface area contributed by atoms with Crippen LogP contribution >= 0.6 is 0 Å². The average Bonchev–Trinajstić information content (AvgIpc) is 3.29. The number of hydrogen-bond donors (Lipinski definition) is 3. The van der Waals surface area contributed by atoms with Crippen molar-refractivity contribution in [2.75, 3.05) is 36.4 Å². The molecule has 2 aliphatic heterocycles. The smallest absolute Gasteiger partial charge is 0.225 e.